The third-order valence-electron chi connectivity index (χ3n) is 4.16. The summed E-state index contributed by atoms with van der Waals surface area (Å²) in [6.45, 7) is 6.38. The first kappa shape index (κ1) is 13.0. The number of amides is 1. The Labute approximate surface area is 97.2 Å². The van der Waals surface area contributed by atoms with Crippen LogP contribution >= 0.6 is 0 Å². The van der Waals surface area contributed by atoms with E-state index in [1.165, 1.54) is 0 Å². The molecule has 90 valence electrons. The number of nitrogens with two attached hydrogens (primary N) is 1. The molecule has 0 aromatic carbocycles. The van der Waals surface area contributed by atoms with Crippen LogP contribution < -0.4 is 11.1 Å². The summed E-state index contributed by atoms with van der Waals surface area (Å²) in [6.07, 6.45) is 1.70. The van der Waals surface area contributed by atoms with Crippen LogP contribution in [-0.2, 0) is 4.79 Å². The fourth-order valence-corrected chi connectivity index (χ4v) is 2.57. The molecule has 3 unspecified atom stereocenters. The van der Waals surface area contributed by atoms with Crippen molar-refractivity contribution in [2.45, 2.75) is 39.7 Å². The van der Waals surface area contributed by atoms with Crippen molar-refractivity contribution in [3.8, 4) is 6.07 Å². The lowest BCUT2D eigenvalue weighted by Crippen LogP contribution is -2.51. The highest BCUT2D eigenvalue weighted by Gasteiger charge is 2.44. The Morgan fingerprint density at radius 3 is 2.75 bits per heavy atom. The molecule has 1 saturated carbocycles. The molecule has 0 spiro atoms. The highest BCUT2D eigenvalue weighted by molar-refractivity contribution is 5.79. The molecular formula is C12H21N3O. The minimum atomic E-state index is -0.1000. The molecule has 1 rings (SSSR count). The second-order valence-corrected chi connectivity index (χ2v) is 5.28. The number of rotatable bonds is 2. The van der Waals surface area contributed by atoms with Crippen LogP contribution in [0.4, 0.5) is 0 Å². The van der Waals surface area contributed by atoms with Gasteiger partial charge in [0, 0.05) is 12.0 Å². The molecule has 0 aromatic rings. The molecule has 4 heteroatoms. The van der Waals surface area contributed by atoms with Gasteiger partial charge in [-0.05, 0) is 24.2 Å². The van der Waals surface area contributed by atoms with Crippen LogP contribution in [0.5, 0.6) is 0 Å². The Bertz CT molecular complexity index is 306. The number of hydrogen-bond donors (Lipinski definition) is 2. The molecule has 3 atom stereocenters. The molecule has 0 radical (unpaired) electrons. The average molecular weight is 223 g/mol. The molecule has 0 bridgehead atoms. The predicted molar refractivity (Wildman–Crippen MR) is 62.3 cm³/mol. The first-order chi connectivity index (χ1) is 7.41. The number of carbonyl (C=O) groups excluding carboxylic acids is 1. The number of nitrogens with zero attached hydrogens (tertiary/aromatic N) is 1. The third kappa shape index (κ3) is 2.35. The second kappa shape index (κ2) is 4.84. The summed E-state index contributed by atoms with van der Waals surface area (Å²) in [5.74, 6) is 0.278. The Kier molecular flexibility index (Phi) is 3.93. The Balaban J connectivity index is 2.74. The number of hydrogen-bond acceptors (Lipinski definition) is 3. The monoisotopic (exact) mass is 223 g/mol. The lowest BCUT2D eigenvalue weighted by atomic mass is 9.61. The molecular weight excluding hydrogens is 202 g/mol. The van der Waals surface area contributed by atoms with E-state index < -0.39 is 0 Å². The SMILES string of the molecule is CC1C(N)CCC(C(=O)NCC#N)C1(C)C. The van der Waals surface area contributed by atoms with Crippen molar-refractivity contribution in [3.63, 3.8) is 0 Å². The van der Waals surface area contributed by atoms with Gasteiger partial charge in [-0.2, -0.15) is 5.26 Å². The standard InChI is InChI=1S/C12H21N3O/c1-8-10(14)5-4-9(12(8,2)3)11(16)15-7-6-13/h8-10H,4-5,7,14H2,1-3H3,(H,15,16). The number of nitriles is 1. The highest BCUT2D eigenvalue weighted by Crippen LogP contribution is 2.44. The largest absolute Gasteiger partial charge is 0.343 e. The van der Waals surface area contributed by atoms with Gasteiger partial charge in [-0.15, -0.1) is 0 Å². The van der Waals surface area contributed by atoms with Gasteiger partial charge in [-0.1, -0.05) is 20.8 Å². The lowest BCUT2D eigenvalue weighted by Gasteiger charge is -2.45. The summed E-state index contributed by atoms with van der Waals surface area (Å²) in [4.78, 5) is 11.9. The Hall–Kier alpha value is -1.08. The lowest BCUT2D eigenvalue weighted by molar-refractivity contribution is -0.132. The number of nitrogens with one attached hydrogen (secondary N) is 1. The van der Waals surface area contributed by atoms with E-state index in [1.54, 1.807) is 0 Å². The van der Waals surface area contributed by atoms with Crippen LogP contribution in [-0.4, -0.2) is 18.5 Å². The van der Waals surface area contributed by atoms with E-state index in [0.29, 0.717) is 5.92 Å². The van der Waals surface area contributed by atoms with Gasteiger partial charge in [-0.25, -0.2) is 0 Å². The van der Waals surface area contributed by atoms with E-state index in [2.05, 4.69) is 26.1 Å². The summed E-state index contributed by atoms with van der Waals surface area (Å²) in [7, 11) is 0. The van der Waals surface area contributed by atoms with Crippen molar-refractivity contribution >= 4 is 5.91 Å². The van der Waals surface area contributed by atoms with Crippen LogP contribution in [0.1, 0.15) is 33.6 Å². The highest BCUT2D eigenvalue weighted by atomic mass is 16.1. The molecule has 0 aromatic heterocycles. The first-order valence-corrected chi connectivity index (χ1v) is 5.81. The van der Waals surface area contributed by atoms with E-state index in [1.807, 2.05) is 6.07 Å². The fourth-order valence-electron chi connectivity index (χ4n) is 2.57. The van der Waals surface area contributed by atoms with E-state index in [-0.39, 0.29) is 29.8 Å². The van der Waals surface area contributed by atoms with Gasteiger partial charge in [0.05, 0.1) is 6.07 Å². The molecule has 1 aliphatic rings. The van der Waals surface area contributed by atoms with Gasteiger partial charge in [0.25, 0.3) is 0 Å². The van der Waals surface area contributed by atoms with Crippen LogP contribution in [0.15, 0.2) is 0 Å². The maximum Gasteiger partial charge on any atom is 0.224 e. The van der Waals surface area contributed by atoms with Crippen molar-refractivity contribution in [2.75, 3.05) is 6.54 Å². The Morgan fingerprint density at radius 1 is 1.56 bits per heavy atom. The maximum atomic E-state index is 11.9. The molecule has 0 saturated heterocycles. The van der Waals surface area contributed by atoms with Crippen LogP contribution in [0.3, 0.4) is 0 Å². The summed E-state index contributed by atoms with van der Waals surface area (Å²) in [5, 5.41) is 11.1. The number of carbonyl (C=O) groups is 1. The van der Waals surface area contributed by atoms with E-state index >= 15 is 0 Å². The van der Waals surface area contributed by atoms with Crippen LogP contribution in [0.2, 0.25) is 0 Å². The van der Waals surface area contributed by atoms with Crippen molar-refractivity contribution in [1.82, 2.24) is 5.32 Å². The zero-order valence-corrected chi connectivity index (χ0v) is 10.3. The minimum absolute atomic E-state index is 0.00898. The van der Waals surface area contributed by atoms with Crippen molar-refractivity contribution < 1.29 is 4.79 Å². The van der Waals surface area contributed by atoms with Crippen molar-refractivity contribution in [1.29, 1.82) is 5.26 Å². The summed E-state index contributed by atoms with van der Waals surface area (Å²) in [5.41, 5.74) is 5.93. The fraction of sp³-hybridized carbons (Fsp3) is 0.833. The van der Waals surface area contributed by atoms with Crippen molar-refractivity contribution in [3.05, 3.63) is 0 Å². The Morgan fingerprint density at radius 2 is 2.19 bits per heavy atom. The topological polar surface area (TPSA) is 78.9 Å². The molecule has 16 heavy (non-hydrogen) atoms. The summed E-state index contributed by atoms with van der Waals surface area (Å²) >= 11 is 0. The van der Waals surface area contributed by atoms with Crippen LogP contribution in [0.25, 0.3) is 0 Å². The van der Waals surface area contributed by atoms with Gasteiger partial charge in [-0.3, -0.25) is 4.79 Å². The molecule has 4 nitrogen and oxygen atoms in total. The molecule has 1 fully saturated rings. The predicted octanol–water partition coefficient (Wildman–Crippen LogP) is 1.03. The van der Waals surface area contributed by atoms with Gasteiger partial charge >= 0.3 is 0 Å². The van der Waals surface area contributed by atoms with Gasteiger partial charge in [0.1, 0.15) is 6.54 Å². The van der Waals surface area contributed by atoms with E-state index in [0.717, 1.165) is 12.8 Å². The van der Waals surface area contributed by atoms with Gasteiger partial charge in [0.2, 0.25) is 5.91 Å². The molecule has 1 amide bonds. The van der Waals surface area contributed by atoms with Crippen LogP contribution in [0, 0.1) is 28.6 Å². The molecule has 1 aliphatic carbocycles. The van der Waals surface area contributed by atoms with Gasteiger partial charge < -0.3 is 11.1 Å². The molecule has 0 heterocycles. The average Bonchev–Trinajstić information content (AvgIpc) is 2.23. The zero-order chi connectivity index (χ0) is 12.3. The van der Waals surface area contributed by atoms with E-state index in [9.17, 15) is 4.79 Å². The first-order valence-electron chi connectivity index (χ1n) is 5.81. The molecule has 0 aliphatic heterocycles. The summed E-state index contributed by atoms with van der Waals surface area (Å²) < 4.78 is 0. The molecule has 3 N–H and O–H groups in total. The van der Waals surface area contributed by atoms with E-state index in [4.69, 9.17) is 11.0 Å². The minimum Gasteiger partial charge on any atom is -0.343 e. The summed E-state index contributed by atoms with van der Waals surface area (Å²) in [6, 6.07) is 2.10. The van der Waals surface area contributed by atoms with Crippen molar-refractivity contribution in [2.24, 2.45) is 23.0 Å². The quantitative estimate of drug-likeness (QED) is 0.686. The van der Waals surface area contributed by atoms with Gasteiger partial charge in [0.15, 0.2) is 0 Å². The third-order valence-corrected chi connectivity index (χ3v) is 4.16. The maximum absolute atomic E-state index is 11.9. The zero-order valence-electron chi connectivity index (χ0n) is 10.3. The second-order valence-electron chi connectivity index (χ2n) is 5.28. The smallest absolute Gasteiger partial charge is 0.224 e. The normalized spacial score (nSPS) is 32.8.